The fraction of sp³-hybridized carbons (Fsp3) is 0.636. The molecule has 0 aromatic carbocycles. The number of aromatic nitrogens is 2. The van der Waals surface area contributed by atoms with Gasteiger partial charge in [-0.2, -0.15) is 0 Å². The Labute approximate surface area is 96.5 Å². The van der Waals surface area contributed by atoms with Gasteiger partial charge in [-0.25, -0.2) is 4.79 Å². The zero-order valence-electron chi connectivity index (χ0n) is 9.17. The van der Waals surface area contributed by atoms with E-state index in [2.05, 4.69) is 4.98 Å². The van der Waals surface area contributed by atoms with E-state index in [0.717, 1.165) is 6.42 Å². The average molecular weight is 238 g/mol. The summed E-state index contributed by atoms with van der Waals surface area (Å²) < 4.78 is 1.50. The Balaban J connectivity index is 2.02. The van der Waals surface area contributed by atoms with Crippen molar-refractivity contribution in [1.82, 2.24) is 9.55 Å². The van der Waals surface area contributed by atoms with Crippen molar-refractivity contribution in [1.29, 1.82) is 0 Å². The molecule has 2 fully saturated rings. The van der Waals surface area contributed by atoms with E-state index >= 15 is 0 Å². The highest BCUT2D eigenvalue weighted by Gasteiger charge is 2.66. The monoisotopic (exact) mass is 238 g/mol. The zero-order valence-corrected chi connectivity index (χ0v) is 9.17. The van der Waals surface area contributed by atoms with Crippen molar-refractivity contribution in [3.05, 3.63) is 33.1 Å². The van der Waals surface area contributed by atoms with Gasteiger partial charge in [0.15, 0.2) is 0 Å². The van der Waals surface area contributed by atoms with Crippen LogP contribution in [0.4, 0.5) is 0 Å². The van der Waals surface area contributed by atoms with E-state index in [0.29, 0.717) is 6.42 Å². The third-order valence-electron chi connectivity index (χ3n) is 4.19. The van der Waals surface area contributed by atoms with Crippen LogP contribution in [0.3, 0.4) is 0 Å². The van der Waals surface area contributed by atoms with Gasteiger partial charge in [0.05, 0.1) is 11.6 Å². The SMILES string of the molecule is O=c1ccn(C23CC(O)C(CO)C2C3)c(=O)[nH]1. The minimum atomic E-state index is -0.572. The molecule has 0 radical (unpaired) electrons. The zero-order chi connectivity index (χ0) is 12.2. The van der Waals surface area contributed by atoms with Gasteiger partial charge in [-0.3, -0.25) is 14.3 Å². The lowest BCUT2D eigenvalue weighted by Crippen LogP contribution is -2.36. The molecule has 17 heavy (non-hydrogen) atoms. The number of aromatic amines is 1. The number of H-pyrrole nitrogens is 1. The lowest BCUT2D eigenvalue weighted by atomic mass is 10.0. The summed E-state index contributed by atoms with van der Waals surface area (Å²) in [6.07, 6.45) is 2.15. The van der Waals surface area contributed by atoms with Crippen molar-refractivity contribution in [2.24, 2.45) is 11.8 Å². The van der Waals surface area contributed by atoms with Crippen LogP contribution >= 0.6 is 0 Å². The first-order valence-electron chi connectivity index (χ1n) is 5.70. The summed E-state index contributed by atoms with van der Waals surface area (Å²) in [5, 5.41) is 19.0. The minimum absolute atomic E-state index is 0.0638. The first-order chi connectivity index (χ1) is 8.08. The van der Waals surface area contributed by atoms with Crippen LogP contribution in [-0.2, 0) is 5.54 Å². The Morgan fingerprint density at radius 2 is 2.24 bits per heavy atom. The van der Waals surface area contributed by atoms with Crippen molar-refractivity contribution in [2.45, 2.75) is 24.5 Å². The summed E-state index contributed by atoms with van der Waals surface area (Å²) in [4.78, 5) is 24.9. The van der Waals surface area contributed by atoms with Crippen LogP contribution in [0.2, 0.25) is 0 Å². The van der Waals surface area contributed by atoms with E-state index in [1.165, 1.54) is 16.8 Å². The fourth-order valence-corrected chi connectivity index (χ4v) is 3.28. The van der Waals surface area contributed by atoms with Crippen LogP contribution < -0.4 is 11.2 Å². The van der Waals surface area contributed by atoms with E-state index in [1.54, 1.807) is 0 Å². The summed E-state index contributed by atoms with van der Waals surface area (Å²) in [5.41, 5.74) is -1.25. The molecule has 1 heterocycles. The molecule has 1 aromatic heterocycles. The highest BCUT2D eigenvalue weighted by molar-refractivity contribution is 5.18. The number of hydrogen-bond donors (Lipinski definition) is 3. The summed E-state index contributed by atoms with van der Waals surface area (Å²) in [5.74, 6) is -0.0278. The Hall–Kier alpha value is -1.40. The van der Waals surface area contributed by atoms with Gasteiger partial charge >= 0.3 is 5.69 Å². The molecule has 4 unspecified atom stereocenters. The molecule has 3 rings (SSSR count). The Kier molecular flexibility index (Phi) is 2.08. The van der Waals surface area contributed by atoms with E-state index in [4.69, 9.17) is 0 Å². The van der Waals surface area contributed by atoms with Crippen LogP contribution in [0.5, 0.6) is 0 Å². The number of rotatable bonds is 2. The number of nitrogens with zero attached hydrogens (tertiary/aromatic N) is 1. The van der Waals surface area contributed by atoms with Gasteiger partial charge < -0.3 is 10.2 Å². The van der Waals surface area contributed by atoms with Crippen molar-refractivity contribution in [2.75, 3.05) is 6.61 Å². The lowest BCUT2D eigenvalue weighted by molar-refractivity contribution is 0.0714. The molecule has 2 aliphatic carbocycles. The van der Waals surface area contributed by atoms with Gasteiger partial charge in [0.2, 0.25) is 0 Å². The predicted octanol–water partition coefficient (Wildman–Crippen LogP) is -1.38. The molecule has 92 valence electrons. The second-order valence-corrected chi connectivity index (χ2v) is 5.01. The standard InChI is InChI=1S/C11H14N2O4/c14-5-6-7-3-11(7,4-8(6)15)13-2-1-9(16)12-10(13)17/h1-2,6-8,14-15H,3-5H2,(H,12,16,17). The van der Waals surface area contributed by atoms with Crippen molar-refractivity contribution in [3.8, 4) is 0 Å². The molecule has 4 atom stereocenters. The molecule has 0 spiro atoms. The van der Waals surface area contributed by atoms with Gasteiger partial charge in [0, 0.05) is 24.8 Å². The van der Waals surface area contributed by atoms with Gasteiger partial charge in [-0.15, -0.1) is 0 Å². The topological polar surface area (TPSA) is 95.3 Å². The van der Waals surface area contributed by atoms with Crippen LogP contribution in [0.25, 0.3) is 0 Å². The highest BCUT2D eigenvalue weighted by atomic mass is 16.3. The predicted molar refractivity (Wildman–Crippen MR) is 58.6 cm³/mol. The molecule has 1 aromatic rings. The number of hydrogen-bond acceptors (Lipinski definition) is 4. The van der Waals surface area contributed by atoms with Gasteiger partial charge in [-0.1, -0.05) is 0 Å². The third kappa shape index (κ3) is 1.34. The van der Waals surface area contributed by atoms with Crippen LogP contribution in [0, 0.1) is 11.8 Å². The largest absolute Gasteiger partial charge is 0.396 e. The quantitative estimate of drug-likeness (QED) is 0.592. The van der Waals surface area contributed by atoms with Crippen LogP contribution in [0.15, 0.2) is 21.9 Å². The van der Waals surface area contributed by atoms with E-state index in [9.17, 15) is 19.8 Å². The maximum Gasteiger partial charge on any atom is 0.328 e. The summed E-state index contributed by atoms with van der Waals surface area (Å²) in [7, 11) is 0. The average Bonchev–Trinajstić information content (AvgIpc) is 2.87. The molecule has 0 saturated heterocycles. The maximum atomic E-state index is 11.7. The highest BCUT2D eigenvalue weighted by Crippen LogP contribution is 2.63. The summed E-state index contributed by atoms with van der Waals surface area (Å²) in [6.45, 7) is -0.0638. The third-order valence-corrected chi connectivity index (χ3v) is 4.19. The lowest BCUT2D eigenvalue weighted by Gasteiger charge is -2.16. The Morgan fingerprint density at radius 1 is 1.47 bits per heavy atom. The number of nitrogens with one attached hydrogen (secondary N) is 1. The second-order valence-electron chi connectivity index (χ2n) is 5.01. The molecule has 0 amide bonds. The number of fused-ring (bicyclic) bond motifs is 1. The molecular weight excluding hydrogens is 224 g/mol. The second kappa shape index (κ2) is 3.30. The fourth-order valence-electron chi connectivity index (χ4n) is 3.28. The van der Waals surface area contributed by atoms with E-state index < -0.39 is 22.9 Å². The maximum absolute atomic E-state index is 11.7. The molecule has 3 N–H and O–H groups in total. The number of aliphatic hydroxyl groups excluding tert-OH is 2. The van der Waals surface area contributed by atoms with E-state index in [1.807, 2.05) is 0 Å². The van der Waals surface area contributed by atoms with Gasteiger partial charge in [0.1, 0.15) is 0 Å². The molecular formula is C11H14N2O4. The van der Waals surface area contributed by atoms with Gasteiger partial charge in [-0.05, 0) is 18.8 Å². The van der Waals surface area contributed by atoms with Crippen molar-refractivity contribution < 1.29 is 10.2 Å². The molecule has 0 bridgehead atoms. The number of aliphatic hydroxyl groups is 2. The minimum Gasteiger partial charge on any atom is -0.396 e. The van der Waals surface area contributed by atoms with E-state index in [-0.39, 0.29) is 18.4 Å². The first-order valence-corrected chi connectivity index (χ1v) is 5.70. The van der Waals surface area contributed by atoms with Gasteiger partial charge in [0.25, 0.3) is 5.56 Å². The summed E-state index contributed by atoms with van der Waals surface area (Å²) in [6, 6.07) is 1.31. The smallest absolute Gasteiger partial charge is 0.328 e. The molecule has 6 heteroatoms. The van der Waals surface area contributed by atoms with Crippen molar-refractivity contribution in [3.63, 3.8) is 0 Å². The normalized spacial score (nSPS) is 39.1. The van der Waals surface area contributed by atoms with Crippen LogP contribution in [0.1, 0.15) is 12.8 Å². The molecule has 0 aliphatic heterocycles. The summed E-state index contributed by atoms with van der Waals surface area (Å²) >= 11 is 0. The Bertz CT molecular complexity index is 563. The first kappa shape index (κ1) is 10.7. The van der Waals surface area contributed by atoms with Crippen LogP contribution in [-0.4, -0.2) is 32.5 Å². The molecule has 2 saturated carbocycles. The molecule has 2 aliphatic rings. The Morgan fingerprint density at radius 3 is 2.82 bits per heavy atom. The van der Waals surface area contributed by atoms with Crippen molar-refractivity contribution >= 4 is 0 Å². The molecule has 6 nitrogen and oxygen atoms in total.